The van der Waals surface area contributed by atoms with E-state index in [9.17, 15) is 0 Å². The number of amides is 1. The second kappa shape index (κ2) is 13.5. The van der Waals surface area contributed by atoms with Gasteiger partial charge < -0.3 is 0 Å². The Labute approximate surface area is 298 Å². The number of ether oxygens (including phenoxy) is 3. The molecule has 1 fully saturated rings. The van der Waals surface area contributed by atoms with Crippen molar-refractivity contribution < 1.29 is 33.1 Å². The summed E-state index contributed by atoms with van der Waals surface area (Å²) < 4.78 is 25.7. The van der Waals surface area contributed by atoms with E-state index in [2.05, 4.69) is 4.90 Å². The minimum atomic E-state index is -4.91. The van der Waals surface area contributed by atoms with Gasteiger partial charge in [-0.15, -0.1) is 0 Å². The van der Waals surface area contributed by atoms with Crippen LogP contribution in [0.25, 0.3) is 0 Å². The molecule has 1 unspecified atom stereocenters. The number of nitrogens with zero attached hydrogens (tertiary/aromatic N) is 2. The SMILES string of the molecule is CC(C)OC(=O)C1=C(C(=O)OC(C)C)P(c2ccccc2)(c2ccccc2)(c2ccccc2)OC12C(=O)N(CN1CCOCC1)c1ccccc12. The van der Waals surface area contributed by atoms with Crippen molar-refractivity contribution in [1.82, 2.24) is 4.90 Å². The Morgan fingerprint density at radius 1 is 0.706 bits per heavy atom. The molecule has 3 aliphatic rings. The summed E-state index contributed by atoms with van der Waals surface area (Å²) in [5, 5.41) is 1.92. The quantitative estimate of drug-likeness (QED) is 0.174. The zero-order valence-corrected chi connectivity index (χ0v) is 30.3. The molecule has 1 saturated heterocycles. The van der Waals surface area contributed by atoms with Gasteiger partial charge in [0.15, 0.2) is 0 Å². The summed E-state index contributed by atoms with van der Waals surface area (Å²) in [6, 6.07) is 35.9. The van der Waals surface area contributed by atoms with E-state index in [4.69, 9.17) is 18.7 Å². The van der Waals surface area contributed by atoms with Crippen molar-refractivity contribution in [3.05, 3.63) is 132 Å². The van der Waals surface area contributed by atoms with Crippen molar-refractivity contribution in [2.75, 3.05) is 37.9 Å². The Morgan fingerprint density at radius 2 is 1.18 bits per heavy atom. The Morgan fingerprint density at radius 3 is 1.69 bits per heavy atom. The van der Waals surface area contributed by atoms with Crippen LogP contribution in [0, 0.1) is 0 Å². The van der Waals surface area contributed by atoms with E-state index in [-0.39, 0.29) is 17.6 Å². The molecule has 3 heterocycles. The second-order valence-corrected chi connectivity index (χ2v) is 17.8. The predicted molar refractivity (Wildman–Crippen MR) is 199 cm³/mol. The van der Waals surface area contributed by atoms with E-state index in [1.807, 2.05) is 115 Å². The summed E-state index contributed by atoms with van der Waals surface area (Å²) in [4.78, 5) is 49.9. The summed E-state index contributed by atoms with van der Waals surface area (Å²) in [6.07, 6.45) is -1.13. The third-order valence-corrected chi connectivity index (χ3v) is 15.5. The van der Waals surface area contributed by atoms with Gasteiger partial charge in [-0.1, -0.05) is 0 Å². The number of para-hydroxylation sites is 1. The number of esters is 2. The van der Waals surface area contributed by atoms with Gasteiger partial charge >= 0.3 is 299 Å². The predicted octanol–water partition coefficient (Wildman–Crippen LogP) is 5.15. The zero-order chi connectivity index (χ0) is 35.8. The van der Waals surface area contributed by atoms with Crippen molar-refractivity contribution in [1.29, 1.82) is 0 Å². The van der Waals surface area contributed by atoms with Crippen molar-refractivity contribution in [2.45, 2.75) is 45.5 Å². The van der Waals surface area contributed by atoms with Gasteiger partial charge in [0.1, 0.15) is 0 Å². The van der Waals surface area contributed by atoms with Crippen LogP contribution in [0.3, 0.4) is 0 Å². The first-order valence-corrected chi connectivity index (χ1v) is 19.6. The molecule has 3 aliphatic heterocycles. The molecule has 0 aromatic heterocycles. The molecule has 0 saturated carbocycles. The van der Waals surface area contributed by atoms with E-state index in [0.717, 1.165) is 0 Å². The van der Waals surface area contributed by atoms with E-state index in [1.165, 1.54) is 0 Å². The average Bonchev–Trinajstić information content (AvgIpc) is 3.58. The van der Waals surface area contributed by atoms with Gasteiger partial charge in [-0.25, -0.2) is 0 Å². The number of anilines is 1. The van der Waals surface area contributed by atoms with Crippen LogP contribution in [0.4, 0.5) is 5.69 Å². The van der Waals surface area contributed by atoms with E-state index in [0.29, 0.717) is 53.5 Å². The molecular formula is C41H43N2O7P. The van der Waals surface area contributed by atoms with Crippen molar-refractivity contribution in [3.63, 3.8) is 0 Å². The van der Waals surface area contributed by atoms with Crippen LogP contribution in [0.5, 0.6) is 0 Å². The van der Waals surface area contributed by atoms with Gasteiger partial charge in [-0.05, 0) is 0 Å². The molecule has 9 nitrogen and oxygen atoms in total. The maximum atomic E-state index is 15.7. The van der Waals surface area contributed by atoms with Gasteiger partial charge in [0.05, 0.1) is 0 Å². The number of hydrogen-bond donors (Lipinski definition) is 0. The molecule has 0 radical (unpaired) electrons. The van der Waals surface area contributed by atoms with Crippen LogP contribution >= 0.6 is 6.83 Å². The van der Waals surface area contributed by atoms with Crippen LogP contribution in [-0.4, -0.2) is 67.9 Å². The third kappa shape index (κ3) is 5.25. The van der Waals surface area contributed by atoms with E-state index in [1.54, 1.807) is 32.6 Å². The number of benzene rings is 4. The van der Waals surface area contributed by atoms with Gasteiger partial charge in [0, 0.05) is 0 Å². The summed E-state index contributed by atoms with van der Waals surface area (Å²) >= 11 is 0. The number of morpholine rings is 1. The first kappa shape index (κ1) is 34.8. The van der Waals surface area contributed by atoms with Crippen molar-refractivity contribution in [3.8, 4) is 0 Å². The Balaban J connectivity index is 1.69. The summed E-state index contributed by atoms with van der Waals surface area (Å²) in [5.74, 6) is -2.04. The first-order chi connectivity index (χ1) is 24.6. The summed E-state index contributed by atoms with van der Waals surface area (Å²) in [6.45, 7) is 4.67. The van der Waals surface area contributed by atoms with Crippen LogP contribution in [0.15, 0.2) is 126 Å². The van der Waals surface area contributed by atoms with Crippen LogP contribution in [-0.2, 0) is 38.7 Å². The number of fused-ring (bicyclic) bond motifs is 2. The minimum absolute atomic E-state index is 0.000301. The molecule has 10 heteroatoms. The van der Waals surface area contributed by atoms with Crippen LogP contribution in [0.2, 0.25) is 0 Å². The Bertz CT molecular complexity index is 1880. The molecule has 1 atom stereocenters. The molecule has 264 valence electrons. The number of carbonyl (C=O) groups is 3. The summed E-state index contributed by atoms with van der Waals surface area (Å²) in [5.41, 5.74) is -1.19. The van der Waals surface area contributed by atoms with Crippen molar-refractivity contribution >= 4 is 46.3 Å². The molecule has 1 spiro atoms. The van der Waals surface area contributed by atoms with Gasteiger partial charge in [0.2, 0.25) is 0 Å². The molecule has 0 N–H and O–H groups in total. The van der Waals surface area contributed by atoms with E-state index >= 15 is 14.4 Å². The van der Waals surface area contributed by atoms with Gasteiger partial charge in [0.25, 0.3) is 0 Å². The maximum absolute atomic E-state index is 15.7. The number of carbonyl (C=O) groups excluding carboxylic acids is 3. The Hall–Kier alpha value is -4.66. The fourth-order valence-electron chi connectivity index (χ4n) is 7.77. The molecule has 7 rings (SSSR count). The number of hydrogen-bond acceptors (Lipinski definition) is 8. The monoisotopic (exact) mass is 706 g/mol. The molecule has 4 aromatic rings. The Kier molecular flexibility index (Phi) is 9.19. The van der Waals surface area contributed by atoms with Gasteiger partial charge in [-0.2, -0.15) is 0 Å². The number of rotatable bonds is 9. The first-order valence-electron chi connectivity index (χ1n) is 17.4. The molecular weight excluding hydrogens is 663 g/mol. The van der Waals surface area contributed by atoms with Crippen LogP contribution in [0.1, 0.15) is 33.3 Å². The third-order valence-electron chi connectivity index (χ3n) is 9.73. The molecule has 51 heavy (non-hydrogen) atoms. The topological polar surface area (TPSA) is 94.6 Å². The fraction of sp³-hybridized carbons (Fsp3) is 0.293. The fourth-order valence-corrected chi connectivity index (χ4v) is 14.0. The molecule has 1 amide bonds. The molecule has 0 aliphatic carbocycles. The molecule has 4 aromatic carbocycles. The van der Waals surface area contributed by atoms with Gasteiger partial charge in [-0.3, -0.25) is 0 Å². The van der Waals surface area contributed by atoms with E-state index < -0.39 is 42.5 Å². The zero-order valence-electron chi connectivity index (χ0n) is 29.4. The summed E-state index contributed by atoms with van der Waals surface area (Å²) in [7, 11) is 0. The van der Waals surface area contributed by atoms with Crippen molar-refractivity contribution in [2.24, 2.45) is 0 Å². The van der Waals surface area contributed by atoms with Crippen LogP contribution < -0.4 is 20.8 Å². The standard InChI is InChI=1S/C41H43N2O7P/c1-29(2)48-38(44)36-37(39(45)49-30(3)4)51(31-16-8-5-9-17-31,32-18-10-6-11-19-32,33-20-12-7-13-21-33)50-41(36)34-22-14-15-23-35(34)43(40(41)46)28-42-24-26-47-27-25-42/h5-23,29-30H,24-28H2,1-4H3. The average molecular weight is 707 g/mol. The normalized spacial score (nSPS) is 21.8. The second-order valence-electron chi connectivity index (χ2n) is 13.6. The molecule has 0 bridgehead atoms.